The van der Waals surface area contributed by atoms with E-state index in [4.69, 9.17) is 5.73 Å². The molecule has 1 rings (SSSR count). The lowest BCUT2D eigenvalue weighted by molar-refractivity contribution is 0.0948. The van der Waals surface area contributed by atoms with E-state index in [1.807, 2.05) is 19.1 Å². The van der Waals surface area contributed by atoms with Gasteiger partial charge in [-0.2, -0.15) is 0 Å². The molecule has 1 aromatic carbocycles. The number of nitrogens with one attached hydrogen (secondary N) is 1. The minimum Gasteiger partial charge on any atom is -0.398 e. The number of nitrogens with zero attached hydrogens (tertiary/aromatic N) is 1. The summed E-state index contributed by atoms with van der Waals surface area (Å²) in [6.45, 7) is 9.87. The van der Waals surface area contributed by atoms with E-state index in [1.54, 1.807) is 6.07 Å². The Labute approximate surface area is 116 Å². The van der Waals surface area contributed by atoms with Gasteiger partial charge in [0.05, 0.1) is 0 Å². The standard InChI is InChI=1S/C15H25N3O/c1-4-9-18(5-2)10-8-17-15(19)13-7-6-12(3)14(16)11-13/h6-7,11H,4-5,8-10,16H2,1-3H3,(H,17,19). The zero-order valence-electron chi connectivity index (χ0n) is 12.2. The van der Waals surface area contributed by atoms with Crippen molar-refractivity contribution in [2.45, 2.75) is 27.2 Å². The highest BCUT2D eigenvalue weighted by Crippen LogP contribution is 2.12. The van der Waals surface area contributed by atoms with E-state index in [0.29, 0.717) is 17.8 Å². The Balaban J connectivity index is 2.44. The SMILES string of the molecule is CCCN(CC)CCNC(=O)c1ccc(C)c(N)c1. The van der Waals surface area contributed by atoms with Gasteiger partial charge in [0.25, 0.3) is 5.91 Å². The number of anilines is 1. The van der Waals surface area contributed by atoms with Crippen LogP contribution in [0.25, 0.3) is 0 Å². The van der Waals surface area contributed by atoms with Crippen molar-refractivity contribution in [2.24, 2.45) is 0 Å². The molecule has 106 valence electrons. The van der Waals surface area contributed by atoms with Crippen LogP contribution in [0, 0.1) is 6.92 Å². The zero-order valence-corrected chi connectivity index (χ0v) is 12.2. The van der Waals surface area contributed by atoms with Crippen molar-refractivity contribution < 1.29 is 4.79 Å². The summed E-state index contributed by atoms with van der Waals surface area (Å²) in [5.74, 6) is -0.0562. The monoisotopic (exact) mass is 263 g/mol. The minimum atomic E-state index is -0.0562. The second-order valence-electron chi connectivity index (χ2n) is 4.76. The minimum absolute atomic E-state index is 0.0562. The van der Waals surface area contributed by atoms with E-state index in [1.165, 1.54) is 0 Å². The quantitative estimate of drug-likeness (QED) is 0.740. The van der Waals surface area contributed by atoms with Crippen molar-refractivity contribution in [1.82, 2.24) is 10.2 Å². The van der Waals surface area contributed by atoms with Crippen molar-refractivity contribution in [1.29, 1.82) is 0 Å². The van der Waals surface area contributed by atoms with Crippen molar-refractivity contribution in [3.8, 4) is 0 Å². The Bertz CT molecular complexity index is 418. The first-order chi connectivity index (χ1) is 9.08. The Hall–Kier alpha value is -1.55. The summed E-state index contributed by atoms with van der Waals surface area (Å²) in [6.07, 6.45) is 1.14. The predicted octanol–water partition coefficient (Wildman–Crippen LogP) is 2.04. The molecule has 0 heterocycles. The average molecular weight is 263 g/mol. The fraction of sp³-hybridized carbons (Fsp3) is 0.533. The smallest absolute Gasteiger partial charge is 0.251 e. The molecule has 4 nitrogen and oxygen atoms in total. The molecule has 0 aliphatic carbocycles. The number of carbonyl (C=O) groups is 1. The van der Waals surface area contributed by atoms with Crippen LogP contribution in [0.4, 0.5) is 5.69 Å². The van der Waals surface area contributed by atoms with Gasteiger partial charge in [0.1, 0.15) is 0 Å². The van der Waals surface area contributed by atoms with Crippen LogP contribution in [0.2, 0.25) is 0 Å². The molecule has 0 aliphatic heterocycles. The van der Waals surface area contributed by atoms with Gasteiger partial charge < -0.3 is 16.0 Å². The maximum atomic E-state index is 12.0. The van der Waals surface area contributed by atoms with Gasteiger partial charge in [0, 0.05) is 24.3 Å². The maximum absolute atomic E-state index is 12.0. The lowest BCUT2D eigenvalue weighted by Gasteiger charge is -2.19. The van der Waals surface area contributed by atoms with Gasteiger partial charge in [-0.25, -0.2) is 0 Å². The third kappa shape index (κ3) is 4.91. The fourth-order valence-electron chi connectivity index (χ4n) is 1.96. The van der Waals surface area contributed by atoms with Crippen molar-refractivity contribution in [3.63, 3.8) is 0 Å². The van der Waals surface area contributed by atoms with E-state index in [-0.39, 0.29) is 5.91 Å². The average Bonchev–Trinajstić information content (AvgIpc) is 2.40. The third-order valence-electron chi connectivity index (χ3n) is 3.24. The van der Waals surface area contributed by atoms with Crippen LogP contribution in [0.1, 0.15) is 36.2 Å². The summed E-state index contributed by atoms with van der Waals surface area (Å²) in [5, 5.41) is 2.93. The lowest BCUT2D eigenvalue weighted by atomic mass is 10.1. The Morgan fingerprint density at radius 1 is 1.32 bits per heavy atom. The van der Waals surface area contributed by atoms with Crippen LogP contribution in [0.15, 0.2) is 18.2 Å². The molecule has 0 saturated carbocycles. The van der Waals surface area contributed by atoms with Gasteiger partial charge in [-0.05, 0) is 44.1 Å². The van der Waals surface area contributed by atoms with Crippen LogP contribution in [-0.4, -0.2) is 37.0 Å². The molecule has 0 saturated heterocycles. The molecule has 0 radical (unpaired) electrons. The molecular formula is C15H25N3O. The largest absolute Gasteiger partial charge is 0.398 e. The first-order valence-electron chi connectivity index (χ1n) is 6.95. The van der Waals surface area contributed by atoms with Crippen molar-refractivity contribution in [3.05, 3.63) is 29.3 Å². The maximum Gasteiger partial charge on any atom is 0.251 e. The number of aryl methyl sites for hydroxylation is 1. The second kappa shape index (κ2) is 7.79. The molecule has 19 heavy (non-hydrogen) atoms. The van der Waals surface area contributed by atoms with Crippen molar-refractivity contribution >= 4 is 11.6 Å². The van der Waals surface area contributed by atoms with Gasteiger partial charge in [-0.3, -0.25) is 4.79 Å². The number of hydrogen-bond acceptors (Lipinski definition) is 3. The molecule has 0 spiro atoms. The normalized spacial score (nSPS) is 10.7. The number of nitrogen functional groups attached to an aromatic ring is 1. The van der Waals surface area contributed by atoms with E-state index < -0.39 is 0 Å². The number of amides is 1. The van der Waals surface area contributed by atoms with Gasteiger partial charge in [0.2, 0.25) is 0 Å². The molecule has 0 aromatic heterocycles. The molecule has 0 bridgehead atoms. The number of carbonyl (C=O) groups excluding carboxylic acids is 1. The van der Waals surface area contributed by atoms with Crippen molar-refractivity contribution in [2.75, 3.05) is 31.9 Å². The number of likely N-dealkylation sites (N-methyl/N-ethyl adjacent to an activating group) is 1. The zero-order chi connectivity index (χ0) is 14.3. The Morgan fingerprint density at radius 2 is 2.05 bits per heavy atom. The van der Waals surface area contributed by atoms with E-state index in [2.05, 4.69) is 24.1 Å². The number of rotatable bonds is 7. The molecule has 4 heteroatoms. The molecule has 0 unspecified atom stereocenters. The van der Waals surface area contributed by atoms with Crippen LogP contribution < -0.4 is 11.1 Å². The first kappa shape index (κ1) is 15.5. The van der Waals surface area contributed by atoms with Gasteiger partial charge in [-0.1, -0.05) is 19.9 Å². The summed E-state index contributed by atoms with van der Waals surface area (Å²) in [7, 11) is 0. The highest BCUT2D eigenvalue weighted by molar-refractivity contribution is 5.95. The van der Waals surface area contributed by atoms with Crippen LogP contribution >= 0.6 is 0 Å². The molecule has 1 aromatic rings. The third-order valence-corrected chi connectivity index (χ3v) is 3.24. The van der Waals surface area contributed by atoms with Crippen LogP contribution in [0.5, 0.6) is 0 Å². The molecule has 0 atom stereocenters. The number of benzene rings is 1. The topological polar surface area (TPSA) is 58.4 Å². The molecular weight excluding hydrogens is 238 g/mol. The number of nitrogens with two attached hydrogens (primary N) is 1. The van der Waals surface area contributed by atoms with Gasteiger partial charge in [-0.15, -0.1) is 0 Å². The number of hydrogen-bond donors (Lipinski definition) is 2. The lowest BCUT2D eigenvalue weighted by Crippen LogP contribution is -2.35. The van der Waals surface area contributed by atoms with E-state index in [0.717, 1.165) is 31.6 Å². The summed E-state index contributed by atoms with van der Waals surface area (Å²) in [5.41, 5.74) is 8.09. The van der Waals surface area contributed by atoms with Gasteiger partial charge in [0.15, 0.2) is 0 Å². The summed E-state index contributed by atoms with van der Waals surface area (Å²) >= 11 is 0. The molecule has 0 aliphatic rings. The summed E-state index contributed by atoms with van der Waals surface area (Å²) in [4.78, 5) is 14.3. The highest BCUT2D eigenvalue weighted by Gasteiger charge is 2.07. The van der Waals surface area contributed by atoms with Crippen LogP contribution in [-0.2, 0) is 0 Å². The fourth-order valence-corrected chi connectivity index (χ4v) is 1.96. The summed E-state index contributed by atoms with van der Waals surface area (Å²) in [6, 6.07) is 5.42. The van der Waals surface area contributed by atoms with E-state index >= 15 is 0 Å². The molecule has 1 amide bonds. The molecule has 0 fully saturated rings. The van der Waals surface area contributed by atoms with Gasteiger partial charge >= 0.3 is 0 Å². The highest BCUT2D eigenvalue weighted by atomic mass is 16.1. The molecule has 3 N–H and O–H groups in total. The first-order valence-corrected chi connectivity index (χ1v) is 6.95. The second-order valence-corrected chi connectivity index (χ2v) is 4.76. The van der Waals surface area contributed by atoms with E-state index in [9.17, 15) is 4.79 Å². The Kier molecular flexibility index (Phi) is 6.36. The predicted molar refractivity (Wildman–Crippen MR) is 80.3 cm³/mol. The Morgan fingerprint density at radius 3 is 2.63 bits per heavy atom. The summed E-state index contributed by atoms with van der Waals surface area (Å²) < 4.78 is 0. The van der Waals surface area contributed by atoms with Crippen LogP contribution in [0.3, 0.4) is 0 Å².